The third-order valence-electron chi connectivity index (χ3n) is 4.82. The van der Waals surface area contributed by atoms with Gasteiger partial charge in [0, 0.05) is 18.5 Å². The Bertz CT molecular complexity index is 1040. The van der Waals surface area contributed by atoms with Crippen LogP contribution in [0.1, 0.15) is 42.1 Å². The summed E-state index contributed by atoms with van der Waals surface area (Å²) in [5.41, 5.74) is 1.20. The van der Waals surface area contributed by atoms with Crippen LogP contribution in [0.5, 0.6) is 0 Å². The Morgan fingerprint density at radius 2 is 1.97 bits per heavy atom. The van der Waals surface area contributed by atoms with Crippen molar-refractivity contribution in [1.29, 1.82) is 0 Å². The summed E-state index contributed by atoms with van der Waals surface area (Å²) in [5, 5.41) is 10.7. The van der Waals surface area contributed by atoms with Gasteiger partial charge in [-0.05, 0) is 34.3 Å². The second kappa shape index (κ2) is 8.25. The molecule has 0 saturated heterocycles. The molecule has 0 bridgehead atoms. The van der Waals surface area contributed by atoms with Crippen LogP contribution in [0.15, 0.2) is 47.2 Å². The third kappa shape index (κ3) is 4.75. The van der Waals surface area contributed by atoms with Crippen LogP contribution in [-0.2, 0) is 24.1 Å². The maximum absolute atomic E-state index is 13.2. The minimum atomic E-state index is -4.54. The van der Waals surface area contributed by atoms with Crippen LogP contribution in [-0.4, -0.2) is 25.5 Å². The van der Waals surface area contributed by atoms with Crippen molar-refractivity contribution in [3.05, 3.63) is 64.1 Å². The molecule has 1 fully saturated rings. The van der Waals surface area contributed by atoms with Crippen molar-refractivity contribution in [2.24, 2.45) is 0 Å². The molecular weight excluding hydrogens is 463 g/mol. The second-order valence-corrected chi connectivity index (χ2v) is 8.05. The van der Waals surface area contributed by atoms with Crippen molar-refractivity contribution < 1.29 is 18.0 Å². The van der Waals surface area contributed by atoms with Crippen LogP contribution in [0, 0.1) is 0 Å². The van der Waals surface area contributed by atoms with E-state index >= 15 is 0 Å². The highest BCUT2D eigenvalue weighted by molar-refractivity contribution is 9.10. The van der Waals surface area contributed by atoms with Crippen LogP contribution in [0.3, 0.4) is 0 Å². The monoisotopic (exact) mass is 481 g/mol. The molecule has 6 nitrogen and oxygen atoms in total. The number of aromatic nitrogens is 4. The number of alkyl halides is 3. The molecule has 0 spiro atoms. The molecule has 158 valence electrons. The maximum atomic E-state index is 13.2. The van der Waals surface area contributed by atoms with E-state index in [2.05, 4.69) is 31.4 Å². The van der Waals surface area contributed by atoms with E-state index in [0.717, 1.165) is 18.4 Å². The summed E-state index contributed by atoms with van der Waals surface area (Å²) in [7, 11) is 0. The van der Waals surface area contributed by atoms with E-state index in [-0.39, 0.29) is 29.3 Å². The number of anilines is 1. The van der Waals surface area contributed by atoms with Crippen molar-refractivity contribution in [1.82, 2.24) is 19.6 Å². The van der Waals surface area contributed by atoms with E-state index in [4.69, 9.17) is 0 Å². The molecule has 2 heterocycles. The molecule has 0 atom stereocenters. The van der Waals surface area contributed by atoms with Crippen molar-refractivity contribution in [2.75, 3.05) is 5.32 Å². The van der Waals surface area contributed by atoms with Gasteiger partial charge in [0.1, 0.15) is 0 Å². The van der Waals surface area contributed by atoms with Crippen molar-refractivity contribution in [2.45, 2.75) is 44.4 Å². The average molecular weight is 482 g/mol. The first-order valence-corrected chi connectivity index (χ1v) is 10.3. The molecule has 1 N–H and O–H groups in total. The number of hydrogen-bond acceptors (Lipinski definition) is 3. The van der Waals surface area contributed by atoms with Crippen LogP contribution >= 0.6 is 15.9 Å². The predicted octanol–water partition coefficient (Wildman–Crippen LogP) is 4.82. The van der Waals surface area contributed by atoms with Gasteiger partial charge in [0.25, 0.3) is 0 Å². The van der Waals surface area contributed by atoms with Gasteiger partial charge in [0.05, 0.1) is 35.1 Å². The minimum absolute atomic E-state index is 0.00893. The molecule has 0 unspecified atom stereocenters. The van der Waals surface area contributed by atoms with Crippen molar-refractivity contribution in [3.8, 4) is 0 Å². The van der Waals surface area contributed by atoms with E-state index in [9.17, 15) is 18.0 Å². The van der Waals surface area contributed by atoms with Gasteiger partial charge in [-0.15, -0.1) is 0 Å². The Hall–Kier alpha value is -2.62. The molecule has 1 aliphatic rings. The first kappa shape index (κ1) is 20.6. The number of hydrogen-bond donors (Lipinski definition) is 1. The highest BCUT2D eigenvalue weighted by Crippen LogP contribution is 2.47. The van der Waals surface area contributed by atoms with Crippen molar-refractivity contribution in [3.63, 3.8) is 0 Å². The molecule has 0 radical (unpaired) electrons. The van der Waals surface area contributed by atoms with E-state index in [1.807, 2.05) is 30.3 Å². The van der Waals surface area contributed by atoms with Crippen LogP contribution in [0.4, 0.5) is 18.9 Å². The molecule has 3 aromatic rings. The zero-order chi connectivity index (χ0) is 21.3. The van der Waals surface area contributed by atoms with Gasteiger partial charge >= 0.3 is 6.18 Å². The van der Waals surface area contributed by atoms with Gasteiger partial charge in [-0.2, -0.15) is 23.4 Å². The number of rotatable bonds is 7. The van der Waals surface area contributed by atoms with E-state index in [1.165, 1.54) is 4.68 Å². The third-order valence-corrected chi connectivity index (χ3v) is 5.60. The minimum Gasteiger partial charge on any atom is -0.323 e. The Labute approximate surface area is 179 Å². The Kier molecular flexibility index (Phi) is 5.68. The zero-order valence-corrected chi connectivity index (χ0v) is 17.4. The molecule has 30 heavy (non-hydrogen) atoms. The largest absolute Gasteiger partial charge is 0.436 e. The fourth-order valence-corrected chi connectivity index (χ4v) is 4.10. The van der Waals surface area contributed by atoms with E-state index in [1.54, 1.807) is 17.1 Å². The quantitative estimate of drug-likeness (QED) is 0.526. The van der Waals surface area contributed by atoms with Crippen LogP contribution in [0.25, 0.3) is 0 Å². The summed E-state index contributed by atoms with van der Waals surface area (Å²) >= 11 is 3.05. The van der Waals surface area contributed by atoms with Gasteiger partial charge in [-0.3, -0.25) is 14.2 Å². The number of carbonyl (C=O) groups is 1. The number of nitrogens with one attached hydrogen (secondary N) is 1. The lowest BCUT2D eigenvalue weighted by Crippen LogP contribution is -2.16. The number of aryl methyl sites for hydroxylation is 1. The number of halogens is 4. The first-order chi connectivity index (χ1) is 14.3. The lowest BCUT2D eigenvalue weighted by atomic mass is 10.2. The van der Waals surface area contributed by atoms with Gasteiger partial charge in [0.15, 0.2) is 5.69 Å². The number of nitrogens with zero attached hydrogens (tertiary/aromatic N) is 4. The van der Waals surface area contributed by atoms with Crippen LogP contribution in [0.2, 0.25) is 0 Å². The Morgan fingerprint density at radius 3 is 2.63 bits per heavy atom. The number of amides is 1. The Balaban J connectivity index is 1.38. The topological polar surface area (TPSA) is 64.7 Å². The molecule has 1 saturated carbocycles. The maximum Gasteiger partial charge on any atom is 0.436 e. The summed E-state index contributed by atoms with van der Waals surface area (Å²) in [6.45, 7) is 0.646. The standard InChI is InChI=1S/C20H19BrF3N5O/c21-17-18(14-6-7-14)29(27-19(17)20(22,23)24)9-8-16(30)26-15-10-25-28(12-15)11-13-4-2-1-3-5-13/h1-5,10,12,14H,6-9,11H2,(H,26,30). The molecular formula is C20H19BrF3N5O. The molecule has 10 heteroatoms. The summed E-state index contributed by atoms with van der Waals surface area (Å²) in [6, 6.07) is 9.77. The smallest absolute Gasteiger partial charge is 0.323 e. The summed E-state index contributed by atoms with van der Waals surface area (Å²) < 4.78 is 42.5. The van der Waals surface area contributed by atoms with Crippen molar-refractivity contribution >= 4 is 27.5 Å². The summed E-state index contributed by atoms with van der Waals surface area (Å²) in [4.78, 5) is 12.3. The van der Waals surface area contributed by atoms with E-state index in [0.29, 0.717) is 17.9 Å². The summed E-state index contributed by atoms with van der Waals surface area (Å²) in [6.07, 6.45) is 0.386. The lowest BCUT2D eigenvalue weighted by molar-refractivity contribution is -0.142. The molecule has 0 aliphatic heterocycles. The van der Waals surface area contributed by atoms with Gasteiger partial charge < -0.3 is 5.32 Å². The first-order valence-electron chi connectivity index (χ1n) is 9.51. The fourth-order valence-electron chi connectivity index (χ4n) is 3.27. The SMILES string of the molecule is O=C(CCn1nc(C(F)(F)F)c(Br)c1C1CC1)Nc1cnn(Cc2ccccc2)c1. The molecule has 1 aliphatic carbocycles. The predicted molar refractivity (Wildman–Crippen MR) is 108 cm³/mol. The summed E-state index contributed by atoms with van der Waals surface area (Å²) in [5.74, 6) is -0.251. The normalized spacial score (nSPS) is 14.1. The molecule has 1 aromatic carbocycles. The van der Waals surface area contributed by atoms with E-state index < -0.39 is 11.9 Å². The molecule has 4 rings (SSSR count). The van der Waals surface area contributed by atoms with Gasteiger partial charge in [-0.25, -0.2) is 0 Å². The lowest BCUT2D eigenvalue weighted by Gasteiger charge is -2.07. The highest BCUT2D eigenvalue weighted by atomic mass is 79.9. The number of benzene rings is 1. The fraction of sp³-hybridized carbons (Fsp3) is 0.350. The van der Waals surface area contributed by atoms with Gasteiger partial charge in [-0.1, -0.05) is 30.3 Å². The van der Waals surface area contributed by atoms with Crippen LogP contribution < -0.4 is 5.32 Å². The number of carbonyl (C=O) groups excluding carboxylic acids is 1. The zero-order valence-electron chi connectivity index (χ0n) is 15.9. The molecule has 1 amide bonds. The second-order valence-electron chi connectivity index (χ2n) is 7.25. The average Bonchev–Trinajstić information content (AvgIpc) is 3.34. The molecule has 2 aromatic heterocycles. The Morgan fingerprint density at radius 1 is 1.23 bits per heavy atom. The van der Waals surface area contributed by atoms with Gasteiger partial charge in [0.2, 0.25) is 5.91 Å². The highest BCUT2D eigenvalue weighted by Gasteiger charge is 2.41.